The van der Waals surface area contributed by atoms with Crippen LogP contribution >= 0.6 is 0 Å². The van der Waals surface area contributed by atoms with Gasteiger partial charge in [0.15, 0.2) is 0 Å². The molecule has 0 aliphatic heterocycles. The van der Waals surface area contributed by atoms with Crippen LogP contribution in [0.1, 0.15) is 82.9 Å². The Balaban J connectivity index is 0.00000224. The molecule has 2 nitrogen and oxygen atoms in total. The van der Waals surface area contributed by atoms with Gasteiger partial charge < -0.3 is 24.8 Å². The Morgan fingerprint density at radius 2 is 0.915 bits per heavy atom. The summed E-state index contributed by atoms with van der Waals surface area (Å²) in [6.45, 7) is 8.75. The predicted molar refractivity (Wildman–Crippen MR) is 235 cm³/mol. The van der Waals surface area contributed by atoms with Crippen LogP contribution in [-0.2, 0) is 21.3 Å². The number of aryl methyl sites for hydroxylation is 4. The van der Waals surface area contributed by atoms with Gasteiger partial charge in [0.1, 0.15) is 0 Å². The van der Waals surface area contributed by atoms with Crippen LogP contribution in [0, 0.1) is 27.7 Å². The van der Waals surface area contributed by atoms with E-state index in [1.807, 2.05) is 3.21 Å². The Kier molecular flexibility index (Phi) is 10.5. The van der Waals surface area contributed by atoms with Crippen LogP contribution < -0.4 is 24.8 Å². The van der Waals surface area contributed by atoms with Gasteiger partial charge in [-0.3, -0.25) is 0 Å². The van der Waals surface area contributed by atoms with E-state index in [-0.39, 0.29) is 32.1 Å². The molecule has 0 amide bonds. The van der Waals surface area contributed by atoms with E-state index in [4.69, 9.17) is 8.83 Å². The van der Waals surface area contributed by atoms with E-state index >= 15 is 0 Å². The number of benzene rings is 6. The third-order valence-corrected chi connectivity index (χ3v) is 22.3. The Bertz CT molecular complexity index is 2850. The summed E-state index contributed by atoms with van der Waals surface area (Å²) in [6.07, 6.45) is 8.81. The van der Waals surface area contributed by atoms with E-state index in [9.17, 15) is 0 Å². The fourth-order valence-electron chi connectivity index (χ4n) is 10.2. The van der Waals surface area contributed by atoms with Crippen LogP contribution in [0.3, 0.4) is 0 Å². The van der Waals surface area contributed by atoms with Crippen LogP contribution in [0.5, 0.6) is 0 Å². The van der Waals surface area contributed by atoms with Crippen LogP contribution in [0.25, 0.3) is 67.1 Å². The molecule has 8 aromatic rings. The van der Waals surface area contributed by atoms with Crippen LogP contribution in [0.2, 0.25) is 0 Å². The average Bonchev–Trinajstić information content (AvgIpc) is 4.01. The first-order valence-electron chi connectivity index (χ1n) is 20.4. The smallest absolute Gasteiger partial charge is 1.00 e. The standard InChI is InChI=1S/2C25H19O.C4H6.2ClH.Zr/c2*1-16-10-12-19-14-20(24-13-11-17(2)26-24)15-23(19)25(16)22-9-5-7-18-6-3-4-8-21(18)22;1-2-4-3-1;;;/h2*3-15H,1-2H3;1-3H2;2*1H;/q;;;;;+2/p-2. The van der Waals surface area contributed by atoms with Gasteiger partial charge in [-0.25, -0.2) is 0 Å². The van der Waals surface area contributed by atoms with Gasteiger partial charge in [-0.05, 0) is 0 Å². The van der Waals surface area contributed by atoms with E-state index in [1.54, 1.807) is 0 Å². The average molecular weight is 887 g/mol. The van der Waals surface area contributed by atoms with Crippen molar-refractivity contribution in [3.63, 3.8) is 0 Å². The maximum absolute atomic E-state index is 6.66. The van der Waals surface area contributed by atoms with Crippen molar-refractivity contribution in [2.24, 2.45) is 0 Å². The van der Waals surface area contributed by atoms with Crippen molar-refractivity contribution in [2.75, 3.05) is 0 Å². The van der Waals surface area contributed by atoms with Gasteiger partial charge in [0.05, 0.1) is 0 Å². The minimum Gasteiger partial charge on any atom is -1.00 e. The summed E-state index contributed by atoms with van der Waals surface area (Å²) in [6, 6.07) is 49.8. The van der Waals surface area contributed by atoms with E-state index in [1.165, 1.54) is 108 Å². The van der Waals surface area contributed by atoms with Crippen molar-refractivity contribution in [2.45, 2.75) is 54.2 Å². The van der Waals surface area contributed by atoms with Gasteiger partial charge in [0.2, 0.25) is 0 Å². The maximum atomic E-state index is 6.66. The summed E-state index contributed by atoms with van der Waals surface area (Å²) < 4.78 is 15.7. The topological polar surface area (TPSA) is 26.3 Å². The molecule has 1 saturated carbocycles. The second kappa shape index (κ2) is 15.7. The number of fused-ring (bicyclic) bond motifs is 4. The zero-order chi connectivity index (χ0) is 38.4. The molecule has 5 heteroatoms. The number of furan rings is 2. The summed E-state index contributed by atoms with van der Waals surface area (Å²) >= 11 is -2.85. The number of hydrogen-bond acceptors (Lipinski definition) is 2. The zero-order valence-corrected chi connectivity index (χ0v) is 37.7. The van der Waals surface area contributed by atoms with Crippen molar-refractivity contribution in [1.29, 1.82) is 0 Å². The monoisotopic (exact) mass is 884 g/mol. The van der Waals surface area contributed by atoms with Crippen molar-refractivity contribution in [3.8, 4) is 22.3 Å². The Hall–Kier alpha value is -4.79. The maximum Gasteiger partial charge on any atom is -1.00 e. The molecule has 290 valence electrons. The Labute approximate surface area is 366 Å². The van der Waals surface area contributed by atoms with Crippen molar-refractivity contribution in [1.82, 2.24) is 0 Å². The SMILES string of the molecule is Cc1ccc(C2=Cc3c(ccc(C)c3-c3cccc4ccccc34)[CH]2[Zr+2](=[C]2CCC2)[CH]2C(c3ccc(C)o3)=Cc3c2ccc(C)c3-c2cccc3ccccc23)o1.[Cl-].[Cl-]. The fraction of sp³-hybridized carbons (Fsp3) is 0.167. The molecular formula is C54H44Cl2O2Zr. The number of rotatable bonds is 6. The van der Waals surface area contributed by atoms with Gasteiger partial charge in [0, 0.05) is 0 Å². The molecule has 1 fully saturated rings. The van der Waals surface area contributed by atoms with E-state index < -0.39 is 21.3 Å². The molecule has 2 aromatic heterocycles. The van der Waals surface area contributed by atoms with Crippen LogP contribution in [0.15, 0.2) is 142 Å². The normalized spacial score (nSPS) is 16.4. The molecule has 11 rings (SSSR count). The minimum absolute atomic E-state index is 0. The first-order valence-corrected chi connectivity index (χ1v) is 24.5. The summed E-state index contributed by atoms with van der Waals surface area (Å²) in [5, 5.41) is 5.15. The van der Waals surface area contributed by atoms with Gasteiger partial charge >= 0.3 is 344 Å². The molecule has 0 bridgehead atoms. The first kappa shape index (κ1) is 39.7. The molecule has 0 radical (unpaired) electrons. The molecule has 3 aliphatic carbocycles. The second-order valence-electron chi connectivity index (χ2n) is 16.4. The van der Waals surface area contributed by atoms with E-state index in [0.29, 0.717) is 0 Å². The van der Waals surface area contributed by atoms with Gasteiger partial charge in [-0.1, -0.05) is 0 Å². The minimum atomic E-state index is -2.85. The van der Waals surface area contributed by atoms with Crippen molar-refractivity contribution in [3.05, 3.63) is 190 Å². The number of hydrogen-bond donors (Lipinski definition) is 0. The molecule has 0 spiro atoms. The molecular weight excluding hydrogens is 843 g/mol. The zero-order valence-electron chi connectivity index (χ0n) is 33.7. The van der Waals surface area contributed by atoms with Gasteiger partial charge in [0.25, 0.3) is 0 Å². The molecule has 2 atom stereocenters. The summed E-state index contributed by atoms with van der Waals surface area (Å²) in [5.74, 6) is 3.96. The number of allylic oxidation sites excluding steroid dienone is 2. The Morgan fingerprint density at radius 3 is 1.32 bits per heavy atom. The van der Waals surface area contributed by atoms with Crippen molar-refractivity contribution < 1.29 is 54.9 Å². The molecule has 2 heterocycles. The first-order chi connectivity index (χ1) is 27.9. The van der Waals surface area contributed by atoms with Crippen molar-refractivity contribution >= 4 is 48.0 Å². The summed E-state index contributed by atoms with van der Waals surface area (Å²) in [4.78, 5) is 0. The largest absolute Gasteiger partial charge is 1.00 e. The molecule has 6 aromatic carbocycles. The number of halogens is 2. The third kappa shape index (κ3) is 6.44. The molecule has 0 saturated heterocycles. The molecule has 3 aliphatic rings. The quantitative estimate of drug-likeness (QED) is 0.167. The fourth-order valence-corrected chi connectivity index (χ4v) is 21.0. The Morgan fingerprint density at radius 1 is 0.475 bits per heavy atom. The van der Waals surface area contributed by atoms with Gasteiger partial charge in [-0.15, -0.1) is 0 Å². The van der Waals surface area contributed by atoms with E-state index in [0.717, 1.165) is 23.0 Å². The molecule has 2 unspecified atom stereocenters. The summed E-state index contributed by atoms with van der Waals surface area (Å²) in [5.41, 5.74) is 16.4. The van der Waals surface area contributed by atoms with Gasteiger partial charge in [-0.2, -0.15) is 0 Å². The second-order valence-corrected chi connectivity index (χ2v) is 23.2. The van der Waals surface area contributed by atoms with Crippen LogP contribution in [-0.4, -0.2) is 3.21 Å². The van der Waals surface area contributed by atoms with E-state index in [2.05, 4.69) is 173 Å². The molecule has 0 N–H and O–H groups in total. The summed E-state index contributed by atoms with van der Waals surface area (Å²) in [7, 11) is 0. The third-order valence-electron chi connectivity index (χ3n) is 13.0. The van der Waals surface area contributed by atoms with Crippen LogP contribution in [0.4, 0.5) is 0 Å². The molecule has 59 heavy (non-hydrogen) atoms. The predicted octanol–water partition coefficient (Wildman–Crippen LogP) is 8.62.